The minimum Gasteiger partial charge on any atom is -0.388 e. The van der Waals surface area contributed by atoms with Gasteiger partial charge in [-0.3, -0.25) is 4.90 Å². The molecule has 0 aromatic carbocycles. The Balaban J connectivity index is 2.00. The monoisotopic (exact) mass is 505 g/mol. The molecule has 0 saturated carbocycles. The minimum atomic E-state index is -4.59. The maximum absolute atomic E-state index is 15.6. The van der Waals surface area contributed by atoms with E-state index >= 15 is 4.39 Å². The van der Waals surface area contributed by atoms with Gasteiger partial charge in [0.25, 0.3) is 0 Å². The number of alkyl halides is 3. The summed E-state index contributed by atoms with van der Waals surface area (Å²) in [6, 6.07) is 0.271. The largest absolute Gasteiger partial charge is 0.417 e. The molecule has 3 aliphatic rings. The van der Waals surface area contributed by atoms with Crippen LogP contribution in [0.15, 0.2) is 95.1 Å². The van der Waals surface area contributed by atoms with Crippen LogP contribution >= 0.6 is 0 Å². The third-order valence-corrected chi connectivity index (χ3v) is 6.60. The maximum atomic E-state index is 15.6. The van der Waals surface area contributed by atoms with Crippen LogP contribution in [0.1, 0.15) is 26.7 Å². The van der Waals surface area contributed by atoms with Crippen LogP contribution in [0.3, 0.4) is 0 Å². The highest BCUT2D eigenvalue weighted by molar-refractivity contribution is 5.54. The van der Waals surface area contributed by atoms with Crippen molar-refractivity contribution >= 4 is 0 Å². The Morgan fingerprint density at radius 1 is 1.14 bits per heavy atom. The van der Waals surface area contributed by atoms with Crippen LogP contribution < -0.4 is 21.3 Å². The van der Waals surface area contributed by atoms with Crippen molar-refractivity contribution in [1.29, 1.82) is 0 Å². The Kier molecular flexibility index (Phi) is 9.03. The zero-order chi connectivity index (χ0) is 26.5. The Morgan fingerprint density at radius 3 is 2.56 bits per heavy atom. The van der Waals surface area contributed by atoms with Gasteiger partial charge in [0.15, 0.2) is 0 Å². The van der Waals surface area contributed by atoms with E-state index in [4.69, 9.17) is 0 Å². The van der Waals surface area contributed by atoms with Gasteiger partial charge in [0.2, 0.25) is 0 Å². The highest BCUT2D eigenvalue weighted by Crippen LogP contribution is 2.36. The van der Waals surface area contributed by atoms with Crippen LogP contribution in [0.4, 0.5) is 17.6 Å². The second kappa shape index (κ2) is 11.8. The molecule has 9 heteroatoms. The molecule has 0 aromatic rings. The van der Waals surface area contributed by atoms with Crippen molar-refractivity contribution in [3.63, 3.8) is 0 Å². The molecule has 3 heterocycles. The van der Waals surface area contributed by atoms with Gasteiger partial charge in [-0.25, -0.2) is 4.39 Å². The standard InChI is InChI=1S/C27H35F4N5/c1-17-12-25(27(29,30)31)24(16-34-17)20(4)35-22-13-23(21-8-10-32-11-9-21)26(28)7-6-18(2)36(5)19(3)14-33-15-22/h7-8,12-13,15-16,18-19,32-35H,1,4,6,9-11,14H2,2-3,5H3/b22-15-,23-13-,26-7+. The fourth-order valence-electron chi connectivity index (χ4n) is 4.18. The summed E-state index contributed by atoms with van der Waals surface area (Å²) in [4.78, 5) is 2.16. The summed E-state index contributed by atoms with van der Waals surface area (Å²) in [5.74, 6) is -0.360. The van der Waals surface area contributed by atoms with Gasteiger partial charge in [-0.2, -0.15) is 13.2 Å². The third-order valence-electron chi connectivity index (χ3n) is 6.60. The minimum absolute atomic E-state index is 0.0248. The summed E-state index contributed by atoms with van der Waals surface area (Å²) in [7, 11) is 1.99. The second-order valence-electron chi connectivity index (χ2n) is 9.29. The van der Waals surface area contributed by atoms with Crippen LogP contribution in [0.2, 0.25) is 0 Å². The van der Waals surface area contributed by atoms with Gasteiger partial charge in [0.1, 0.15) is 5.83 Å². The Labute approximate surface area is 210 Å². The first-order valence-corrected chi connectivity index (χ1v) is 12.0. The molecular weight excluding hydrogens is 470 g/mol. The molecule has 0 radical (unpaired) electrons. The SMILES string of the molecule is C=C1C=C(C(F)(F)F)C(C(=C)NC2=C\NCC(C)N(C)C(C)C\C=C(F)/C(C3=CCNCC3)=C\2)=CN1. The van der Waals surface area contributed by atoms with Crippen LogP contribution in [0.25, 0.3) is 0 Å². The number of hydrogen-bond acceptors (Lipinski definition) is 5. The summed E-state index contributed by atoms with van der Waals surface area (Å²) in [6.07, 6.45) is 5.56. The van der Waals surface area contributed by atoms with Crippen LogP contribution in [0.5, 0.6) is 0 Å². The van der Waals surface area contributed by atoms with Gasteiger partial charge >= 0.3 is 6.18 Å². The molecule has 3 aliphatic heterocycles. The molecule has 0 aromatic heterocycles. The first-order valence-electron chi connectivity index (χ1n) is 12.0. The van der Waals surface area contributed by atoms with E-state index in [1.54, 1.807) is 18.4 Å². The summed E-state index contributed by atoms with van der Waals surface area (Å²) in [5.41, 5.74) is 0.805. The van der Waals surface area contributed by atoms with E-state index in [0.29, 0.717) is 43.7 Å². The zero-order valence-electron chi connectivity index (χ0n) is 21.0. The molecule has 2 atom stereocenters. The van der Waals surface area contributed by atoms with Gasteiger partial charge in [-0.1, -0.05) is 19.2 Å². The van der Waals surface area contributed by atoms with Gasteiger partial charge in [0.05, 0.1) is 11.3 Å². The Bertz CT molecular complexity index is 1060. The lowest BCUT2D eigenvalue weighted by atomic mass is 9.96. The molecule has 0 bridgehead atoms. The number of halogens is 4. The number of rotatable bonds is 4. The summed E-state index contributed by atoms with van der Waals surface area (Å²) < 4.78 is 56.7. The van der Waals surface area contributed by atoms with Crippen LogP contribution in [-0.2, 0) is 0 Å². The number of hydrogen-bond donors (Lipinski definition) is 4. The van der Waals surface area contributed by atoms with Crippen LogP contribution in [-0.4, -0.2) is 49.8 Å². The first kappa shape index (κ1) is 27.5. The third kappa shape index (κ3) is 7.01. The van der Waals surface area contributed by atoms with E-state index < -0.39 is 11.7 Å². The predicted molar refractivity (Wildman–Crippen MR) is 137 cm³/mol. The molecular formula is C27H35F4N5. The normalized spacial score (nSPS) is 29.1. The fraction of sp³-hybridized carbons (Fsp3) is 0.407. The number of dihydropyridines is 1. The van der Waals surface area contributed by atoms with Gasteiger partial charge in [-0.15, -0.1) is 0 Å². The number of likely N-dealkylation sites (N-methyl/N-ethyl adjacent to an activating group) is 1. The smallest absolute Gasteiger partial charge is 0.388 e. The molecule has 3 rings (SSSR count). The summed E-state index contributed by atoms with van der Waals surface area (Å²) >= 11 is 0. The predicted octanol–water partition coefficient (Wildman–Crippen LogP) is 4.82. The summed E-state index contributed by atoms with van der Waals surface area (Å²) in [6.45, 7) is 13.5. The molecule has 0 spiro atoms. The van der Waals surface area contributed by atoms with E-state index in [-0.39, 0.29) is 34.9 Å². The van der Waals surface area contributed by atoms with E-state index in [9.17, 15) is 13.2 Å². The molecule has 36 heavy (non-hydrogen) atoms. The Hall–Kier alpha value is -3.04. The molecule has 5 nitrogen and oxygen atoms in total. The molecule has 2 unspecified atom stereocenters. The van der Waals surface area contributed by atoms with Crippen molar-refractivity contribution < 1.29 is 17.6 Å². The maximum Gasteiger partial charge on any atom is 0.417 e. The molecule has 4 N–H and O–H groups in total. The average Bonchev–Trinajstić information content (AvgIpc) is 2.84. The lowest BCUT2D eigenvalue weighted by molar-refractivity contribution is -0.0894. The lowest BCUT2D eigenvalue weighted by Crippen LogP contribution is -2.41. The number of allylic oxidation sites excluding steroid dienone is 5. The average molecular weight is 506 g/mol. The van der Waals surface area contributed by atoms with Gasteiger partial charge in [0, 0.05) is 60.1 Å². The van der Waals surface area contributed by atoms with E-state index in [1.165, 1.54) is 6.20 Å². The van der Waals surface area contributed by atoms with Crippen LogP contribution in [0, 0.1) is 0 Å². The molecule has 196 valence electrons. The van der Waals surface area contributed by atoms with Crippen molar-refractivity contribution in [3.8, 4) is 0 Å². The zero-order valence-corrected chi connectivity index (χ0v) is 21.0. The Morgan fingerprint density at radius 2 is 1.89 bits per heavy atom. The molecule has 0 aliphatic carbocycles. The second-order valence-corrected chi connectivity index (χ2v) is 9.29. The van der Waals surface area contributed by atoms with Gasteiger partial charge < -0.3 is 21.3 Å². The van der Waals surface area contributed by atoms with Crippen molar-refractivity contribution in [1.82, 2.24) is 26.2 Å². The first-order chi connectivity index (χ1) is 17.0. The fourth-order valence-corrected chi connectivity index (χ4v) is 4.18. The molecule has 0 saturated heterocycles. The van der Waals surface area contributed by atoms with Crippen molar-refractivity contribution in [2.24, 2.45) is 0 Å². The lowest BCUT2D eigenvalue weighted by Gasteiger charge is -2.31. The van der Waals surface area contributed by atoms with Crippen molar-refractivity contribution in [3.05, 3.63) is 95.1 Å². The quantitative estimate of drug-likeness (QED) is 0.413. The molecule has 0 amide bonds. The molecule has 0 fully saturated rings. The highest BCUT2D eigenvalue weighted by atomic mass is 19.4. The topological polar surface area (TPSA) is 51.4 Å². The van der Waals surface area contributed by atoms with Crippen molar-refractivity contribution in [2.75, 3.05) is 26.7 Å². The highest BCUT2D eigenvalue weighted by Gasteiger charge is 2.38. The number of nitrogens with one attached hydrogen (secondary N) is 4. The van der Waals surface area contributed by atoms with Gasteiger partial charge in [-0.05, 0) is 64.1 Å². The number of nitrogens with zero attached hydrogens (tertiary/aromatic N) is 1. The van der Waals surface area contributed by atoms with Crippen molar-refractivity contribution in [2.45, 2.75) is 44.9 Å². The summed E-state index contributed by atoms with van der Waals surface area (Å²) in [5, 5.41) is 12.2. The van der Waals surface area contributed by atoms with E-state index in [1.807, 2.05) is 13.1 Å². The van der Waals surface area contributed by atoms with E-state index in [0.717, 1.165) is 11.6 Å². The van der Waals surface area contributed by atoms with E-state index in [2.05, 4.69) is 53.2 Å².